The predicted octanol–water partition coefficient (Wildman–Crippen LogP) is 18.5. The van der Waals surface area contributed by atoms with Gasteiger partial charge in [0.25, 0.3) is 0 Å². The number of ether oxygens (including phenoxy) is 3. The highest BCUT2D eigenvalue weighted by Gasteiger charge is 2.19. The Kier molecular flexibility index (Phi) is 51.9. The Morgan fingerprint density at radius 2 is 0.582 bits per heavy atom. The van der Waals surface area contributed by atoms with Crippen LogP contribution in [0.3, 0.4) is 0 Å². The van der Waals surface area contributed by atoms with Crippen molar-refractivity contribution in [3.63, 3.8) is 0 Å². The third-order valence-corrected chi connectivity index (χ3v) is 11.6. The van der Waals surface area contributed by atoms with E-state index in [1.807, 2.05) is 0 Å². The first-order chi connectivity index (χ1) is 33.0. The summed E-state index contributed by atoms with van der Waals surface area (Å²) in [4.78, 5) is 38.0. The third-order valence-electron chi connectivity index (χ3n) is 11.6. The molecule has 0 amide bonds. The fourth-order valence-corrected chi connectivity index (χ4v) is 7.44. The molecule has 0 aromatic carbocycles. The van der Waals surface area contributed by atoms with Gasteiger partial charge < -0.3 is 14.2 Å². The van der Waals surface area contributed by atoms with E-state index in [-0.39, 0.29) is 37.5 Å². The molecule has 6 nitrogen and oxygen atoms in total. The molecule has 0 aliphatic heterocycles. The zero-order chi connectivity index (χ0) is 48.6. The number of rotatable bonds is 49. The molecule has 67 heavy (non-hydrogen) atoms. The van der Waals surface area contributed by atoms with Crippen molar-refractivity contribution in [1.82, 2.24) is 0 Å². The topological polar surface area (TPSA) is 78.9 Å². The lowest BCUT2D eigenvalue weighted by Crippen LogP contribution is -2.30. The average molecular weight is 931 g/mol. The van der Waals surface area contributed by atoms with E-state index in [2.05, 4.69) is 118 Å². The highest BCUT2D eigenvalue weighted by atomic mass is 16.6. The van der Waals surface area contributed by atoms with Crippen LogP contribution in [0.4, 0.5) is 0 Å². The van der Waals surface area contributed by atoms with E-state index in [0.717, 1.165) is 116 Å². The van der Waals surface area contributed by atoms with Gasteiger partial charge in [0.05, 0.1) is 0 Å². The molecule has 0 aliphatic carbocycles. The van der Waals surface area contributed by atoms with Crippen LogP contribution in [-0.4, -0.2) is 37.2 Å². The van der Waals surface area contributed by atoms with Crippen molar-refractivity contribution in [2.75, 3.05) is 13.2 Å². The van der Waals surface area contributed by atoms with E-state index >= 15 is 0 Å². The maximum Gasteiger partial charge on any atom is 0.306 e. The van der Waals surface area contributed by atoms with Crippen molar-refractivity contribution in [3.05, 3.63) is 97.2 Å². The molecule has 0 N–H and O–H groups in total. The fraction of sp³-hybridized carbons (Fsp3) is 0.689. The van der Waals surface area contributed by atoms with E-state index in [9.17, 15) is 14.4 Å². The molecule has 0 saturated heterocycles. The van der Waals surface area contributed by atoms with Gasteiger partial charge in [-0.3, -0.25) is 14.4 Å². The molecule has 0 aromatic rings. The molecule has 0 bridgehead atoms. The monoisotopic (exact) mass is 931 g/mol. The minimum absolute atomic E-state index is 0.101. The summed E-state index contributed by atoms with van der Waals surface area (Å²) in [6.07, 6.45) is 72.7. The Morgan fingerprint density at radius 3 is 0.925 bits per heavy atom. The number of allylic oxidation sites excluding steroid dienone is 16. The van der Waals surface area contributed by atoms with Crippen LogP contribution in [0.1, 0.15) is 252 Å². The smallest absolute Gasteiger partial charge is 0.306 e. The summed E-state index contributed by atoms with van der Waals surface area (Å²) in [6, 6.07) is 0. The van der Waals surface area contributed by atoms with Gasteiger partial charge in [-0.2, -0.15) is 0 Å². The Balaban J connectivity index is 4.35. The zero-order valence-corrected chi connectivity index (χ0v) is 43.6. The van der Waals surface area contributed by atoms with Crippen molar-refractivity contribution in [1.29, 1.82) is 0 Å². The van der Waals surface area contributed by atoms with Gasteiger partial charge in [-0.15, -0.1) is 0 Å². The summed E-state index contributed by atoms with van der Waals surface area (Å²) < 4.78 is 16.8. The van der Waals surface area contributed by atoms with Crippen molar-refractivity contribution < 1.29 is 28.6 Å². The van der Waals surface area contributed by atoms with E-state index in [4.69, 9.17) is 14.2 Å². The highest BCUT2D eigenvalue weighted by molar-refractivity contribution is 5.71. The predicted molar refractivity (Wildman–Crippen MR) is 288 cm³/mol. The number of carbonyl (C=O) groups excluding carboxylic acids is 3. The van der Waals surface area contributed by atoms with Crippen LogP contribution in [0.15, 0.2) is 97.2 Å². The van der Waals surface area contributed by atoms with Crippen LogP contribution >= 0.6 is 0 Å². The van der Waals surface area contributed by atoms with Crippen LogP contribution in [0.2, 0.25) is 0 Å². The summed E-state index contributed by atoms with van der Waals surface area (Å²) in [5.41, 5.74) is 0. The van der Waals surface area contributed by atoms with Crippen LogP contribution < -0.4 is 0 Å². The van der Waals surface area contributed by atoms with Gasteiger partial charge in [0.15, 0.2) is 6.10 Å². The lowest BCUT2D eigenvalue weighted by molar-refractivity contribution is -0.167. The van der Waals surface area contributed by atoms with E-state index < -0.39 is 6.10 Å². The fourth-order valence-electron chi connectivity index (χ4n) is 7.44. The third kappa shape index (κ3) is 53.2. The zero-order valence-electron chi connectivity index (χ0n) is 43.6. The molecule has 0 saturated carbocycles. The molecule has 0 spiro atoms. The van der Waals surface area contributed by atoms with Gasteiger partial charge in [0, 0.05) is 19.3 Å². The largest absolute Gasteiger partial charge is 0.462 e. The number of hydrogen-bond acceptors (Lipinski definition) is 6. The molecule has 0 aromatic heterocycles. The number of hydrogen-bond donors (Lipinski definition) is 0. The van der Waals surface area contributed by atoms with E-state index in [0.29, 0.717) is 12.8 Å². The molecule has 0 rings (SSSR count). The van der Waals surface area contributed by atoms with Crippen LogP contribution in [0, 0.1) is 0 Å². The summed E-state index contributed by atoms with van der Waals surface area (Å²) in [5.74, 6) is -0.964. The minimum Gasteiger partial charge on any atom is -0.462 e. The summed E-state index contributed by atoms with van der Waals surface area (Å²) in [5, 5.41) is 0. The van der Waals surface area contributed by atoms with Gasteiger partial charge in [-0.25, -0.2) is 0 Å². The molecule has 0 radical (unpaired) electrons. The van der Waals surface area contributed by atoms with Crippen molar-refractivity contribution in [2.45, 2.75) is 258 Å². The van der Waals surface area contributed by atoms with Crippen LogP contribution in [-0.2, 0) is 28.6 Å². The van der Waals surface area contributed by atoms with Gasteiger partial charge in [0.2, 0.25) is 0 Å². The Bertz CT molecular complexity index is 1350. The number of esters is 3. The van der Waals surface area contributed by atoms with Crippen LogP contribution in [0.25, 0.3) is 0 Å². The average Bonchev–Trinajstić information content (AvgIpc) is 3.33. The minimum atomic E-state index is -0.806. The first-order valence-electron chi connectivity index (χ1n) is 27.7. The summed E-state index contributed by atoms with van der Waals surface area (Å²) in [7, 11) is 0. The molecule has 0 aliphatic rings. The van der Waals surface area contributed by atoms with Crippen molar-refractivity contribution in [3.8, 4) is 0 Å². The molecular weight excluding hydrogens is 829 g/mol. The quantitative estimate of drug-likeness (QED) is 0.0262. The second kappa shape index (κ2) is 54.9. The summed E-state index contributed by atoms with van der Waals surface area (Å²) >= 11 is 0. The lowest BCUT2D eigenvalue weighted by atomic mass is 10.0. The molecule has 1 unspecified atom stereocenters. The van der Waals surface area contributed by atoms with Crippen molar-refractivity contribution in [2.24, 2.45) is 0 Å². The van der Waals surface area contributed by atoms with Gasteiger partial charge in [-0.05, 0) is 116 Å². The first-order valence-corrected chi connectivity index (χ1v) is 27.7. The van der Waals surface area contributed by atoms with Gasteiger partial charge in [0.1, 0.15) is 13.2 Å². The molecule has 0 heterocycles. The maximum absolute atomic E-state index is 12.8. The maximum atomic E-state index is 12.8. The second-order valence-electron chi connectivity index (χ2n) is 18.1. The SMILES string of the molecule is CC/C=C\C/C=C\C/C=C\CCCCCC(=O)OCC(COC(=O)CCCCCCCCCCCCC/C=C\C/C=C\CCCCCCC)OC(=O)CCCCC/C=C\C/C=C\C/C=C\CC. The number of unbranched alkanes of at least 4 members (excludes halogenated alkanes) is 22. The van der Waals surface area contributed by atoms with E-state index in [1.165, 1.54) is 96.3 Å². The van der Waals surface area contributed by atoms with Crippen molar-refractivity contribution >= 4 is 17.9 Å². The second-order valence-corrected chi connectivity index (χ2v) is 18.1. The molecule has 0 fully saturated rings. The van der Waals surface area contributed by atoms with Gasteiger partial charge in [-0.1, -0.05) is 214 Å². The standard InChI is InChI=1S/C61H102O6/c1-4-7-10-13-16-19-22-25-26-27-28-29-30-31-32-33-34-37-39-42-45-48-51-54-60(63)66-57-58(67-61(64)55-52-49-46-43-40-36-24-21-18-15-12-9-6-3)56-65-59(62)53-50-47-44-41-38-35-23-20-17-14-11-8-5-2/h8-9,11-12,17-18,20-22,25,27-28,35-36,38,40,58H,4-7,10,13-16,19,23-24,26,29-34,37,39,41-57H2,1-3H3/b11-8-,12-9-,20-17-,21-18-,25-22-,28-27-,38-35-,40-36-. The van der Waals surface area contributed by atoms with Crippen LogP contribution in [0.5, 0.6) is 0 Å². The Labute approximate surface area is 413 Å². The first kappa shape index (κ1) is 63.3. The Morgan fingerprint density at radius 1 is 0.313 bits per heavy atom. The molecule has 382 valence electrons. The summed E-state index contributed by atoms with van der Waals surface area (Å²) in [6.45, 7) is 6.35. The van der Waals surface area contributed by atoms with E-state index in [1.54, 1.807) is 0 Å². The lowest BCUT2D eigenvalue weighted by Gasteiger charge is -2.18. The molecular formula is C61H102O6. The highest BCUT2D eigenvalue weighted by Crippen LogP contribution is 2.14. The normalized spacial score (nSPS) is 12.8. The van der Waals surface area contributed by atoms with Gasteiger partial charge >= 0.3 is 17.9 Å². The number of carbonyl (C=O) groups is 3. The molecule has 6 heteroatoms. The molecule has 1 atom stereocenters. The Hall–Kier alpha value is -3.67.